The van der Waals surface area contributed by atoms with Crippen LogP contribution >= 0.6 is 0 Å². The average molecular weight is 261 g/mol. The lowest BCUT2D eigenvalue weighted by Crippen LogP contribution is -2.38. The Labute approximate surface area is 112 Å². The molecular formula is C14H19N3O2. The van der Waals surface area contributed by atoms with Crippen molar-refractivity contribution in [2.75, 3.05) is 18.4 Å². The number of anilines is 1. The van der Waals surface area contributed by atoms with Gasteiger partial charge in [0.05, 0.1) is 6.54 Å². The fraction of sp³-hybridized carbons (Fsp3) is 0.429. The number of carbonyl (C=O) groups is 2. The molecule has 102 valence electrons. The van der Waals surface area contributed by atoms with Crippen LogP contribution in [0.25, 0.3) is 0 Å². The second kappa shape index (κ2) is 6.33. The van der Waals surface area contributed by atoms with Crippen molar-refractivity contribution in [1.82, 2.24) is 10.6 Å². The quantitative estimate of drug-likeness (QED) is 0.734. The van der Waals surface area contributed by atoms with E-state index in [9.17, 15) is 9.59 Å². The maximum Gasteiger partial charge on any atom is 0.238 e. The Balaban J connectivity index is 1.70. The van der Waals surface area contributed by atoms with Crippen molar-refractivity contribution in [1.29, 1.82) is 0 Å². The van der Waals surface area contributed by atoms with Gasteiger partial charge in [0.15, 0.2) is 0 Å². The van der Waals surface area contributed by atoms with Crippen LogP contribution in [0.1, 0.15) is 18.4 Å². The number of aryl methyl sites for hydroxylation is 1. The summed E-state index contributed by atoms with van der Waals surface area (Å²) in [4.78, 5) is 22.8. The van der Waals surface area contributed by atoms with Crippen LogP contribution in [0.2, 0.25) is 0 Å². The number of carbonyl (C=O) groups excluding carboxylic acids is 2. The Morgan fingerprint density at radius 3 is 2.89 bits per heavy atom. The fourth-order valence-corrected chi connectivity index (χ4v) is 2.10. The van der Waals surface area contributed by atoms with E-state index in [-0.39, 0.29) is 24.4 Å². The van der Waals surface area contributed by atoms with Crippen LogP contribution < -0.4 is 16.0 Å². The molecule has 1 aliphatic heterocycles. The highest BCUT2D eigenvalue weighted by molar-refractivity contribution is 5.92. The van der Waals surface area contributed by atoms with Crippen molar-refractivity contribution >= 4 is 17.5 Å². The molecule has 1 unspecified atom stereocenters. The molecule has 0 aromatic heterocycles. The molecule has 1 fully saturated rings. The minimum absolute atomic E-state index is 0.0707. The summed E-state index contributed by atoms with van der Waals surface area (Å²) in [5, 5.41) is 8.77. The second-order valence-electron chi connectivity index (χ2n) is 4.80. The molecule has 1 aromatic carbocycles. The van der Waals surface area contributed by atoms with Crippen molar-refractivity contribution < 1.29 is 9.59 Å². The first-order chi connectivity index (χ1) is 9.15. The zero-order valence-corrected chi connectivity index (χ0v) is 11.0. The average Bonchev–Trinajstić information content (AvgIpc) is 2.78. The van der Waals surface area contributed by atoms with E-state index in [0.29, 0.717) is 13.0 Å². The van der Waals surface area contributed by atoms with Crippen molar-refractivity contribution in [3.05, 3.63) is 29.8 Å². The summed E-state index contributed by atoms with van der Waals surface area (Å²) in [6, 6.07) is 7.82. The molecule has 5 nitrogen and oxygen atoms in total. The van der Waals surface area contributed by atoms with Crippen LogP contribution in [0.5, 0.6) is 0 Å². The predicted octanol–water partition coefficient (Wildman–Crippen LogP) is 0.802. The van der Waals surface area contributed by atoms with Gasteiger partial charge in [0, 0.05) is 24.7 Å². The highest BCUT2D eigenvalue weighted by Crippen LogP contribution is 2.12. The third-order valence-corrected chi connectivity index (χ3v) is 3.18. The summed E-state index contributed by atoms with van der Waals surface area (Å²) in [5.41, 5.74) is 1.88. The molecular weight excluding hydrogens is 242 g/mol. The maximum atomic E-state index is 11.7. The van der Waals surface area contributed by atoms with Crippen molar-refractivity contribution in [3.63, 3.8) is 0 Å². The van der Waals surface area contributed by atoms with E-state index in [2.05, 4.69) is 16.0 Å². The molecule has 0 spiro atoms. The molecule has 3 N–H and O–H groups in total. The topological polar surface area (TPSA) is 70.2 Å². The Bertz CT molecular complexity index is 474. The van der Waals surface area contributed by atoms with Crippen LogP contribution in [0.4, 0.5) is 5.69 Å². The van der Waals surface area contributed by atoms with E-state index in [1.807, 2.05) is 31.2 Å². The van der Waals surface area contributed by atoms with Gasteiger partial charge in [-0.3, -0.25) is 9.59 Å². The number of para-hydroxylation sites is 1. The number of nitrogens with one attached hydrogen (secondary N) is 3. The zero-order chi connectivity index (χ0) is 13.7. The number of benzene rings is 1. The lowest BCUT2D eigenvalue weighted by Gasteiger charge is -2.12. The smallest absolute Gasteiger partial charge is 0.238 e. The molecule has 1 aliphatic rings. The van der Waals surface area contributed by atoms with Crippen LogP contribution in [0, 0.1) is 6.92 Å². The number of rotatable bonds is 5. The lowest BCUT2D eigenvalue weighted by atomic mass is 10.2. The summed E-state index contributed by atoms with van der Waals surface area (Å²) in [5.74, 6) is 0.0229. The largest absolute Gasteiger partial charge is 0.352 e. The minimum Gasteiger partial charge on any atom is -0.352 e. The number of hydrogen-bond donors (Lipinski definition) is 3. The first-order valence-electron chi connectivity index (χ1n) is 6.50. The highest BCUT2D eigenvalue weighted by Gasteiger charge is 2.20. The molecule has 2 amide bonds. The second-order valence-corrected chi connectivity index (χ2v) is 4.80. The molecule has 1 heterocycles. The normalized spacial score (nSPS) is 18.2. The van der Waals surface area contributed by atoms with Gasteiger partial charge in [-0.2, -0.15) is 0 Å². The molecule has 2 rings (SSSR count). The molecule has 19 heavy (non-hydrogen) atoms. The third kappa shape index (κ3) is 4.06. The van der Waals surface area contributed by atoms with Gasteiger partial charge in [-0.1, -0.05) is 18.2 Å². The van der Waals surface area contributed by atoms with Crippen LogP contribution in [-0.4, -0.2) is 30.9 Å². The Hall–Kier alpha value is -1.88. The number of hydrogen-bond acceptors (Lipinski definition) is 3. The van der Waals surface area contributed by atoms with E-state index < -0.39 is 0 Å². The SMILES string of the molecule is Cc1ccccc1NC(=O)CNCC1CCC(=O)N1. The van der Waals surface area contributed by atoms with E-state index >= 15 is 0 Å². The standard InChI is InChI=1S/C14H19N3O2/c1-10-4-2-3-5-12(10)17-14(19)9-15-8-11-6-7-13(18)16-11/h2-5,11,15H,6-9H2,1H3,(H,16,18)(H,17,19). The molecule has 0 bridgehead atoms. The van der Waals surface area contributed by atoms with E-state index in [1.54, 1.807) is 0 Å². The first kappa shape index (κ1) is 13.5. The van der Waals surface area contributed by atoms with Gasteiger partial charge in [0.25, 0.3) is 0 Å². The summed E-state index contributed by atoms with van der Waals surface area (Å²) >= 11 is 0. The monoisotopic (exact) mass is 261 g/mol. The van der Waals surface area contributed by atoms with Gasteiger partial charge in [-0.15, -0.1) is 0 Å². The van der Waals surface area contributed by atoms with Gasteiger partial charge in [0.2, 0.25) is 11.8 Å². The maximum absolute atomic E-state index is 11.7. The van der Waals surface area contributed by atoms with Crippen molar-refractivity contribution in [3.8, 4) is 0 Å². The summed E-state index contributed by atoms with van der Waals surface area (Å²) in [7, 11) is 0. The Morgan fingerprint density at radius 2 is 2.21 bits per heavy atom. The van der Waals surface area contributed by atoms with Gasteiger partial charge < -0.3 is 16.0 Å². The first-order valence-corrected chi connectivity index (χ1v) is 6.50. The van der Waals surface area contributed by atoms with Crippen LogP contribution in [-0.2, 0) is 9.59 Å². The Kier molecular flexibility index (Phi) is 4.52. The van der Waals surface area contributed by atoms with Crippen molar-refractivity contribution in [2.45, 2.75) is 25.8 Å². The molecule has 0 saturated carbocycles. The summed E-state index contributed by atoms with van der Waals surface area (Å²) < 4.78 is 0. The van der Waals surface area contributed by atoms with E-state index in [1.165, 1.54) is 0 Å². The van der Waals surface area contributed by atoms with Gasteiger partial charge >= 0.3 is 0 Å². The van der Waals surface area contributed by atoms with Gasteiger partial charge in [-0.05, 0) is 25.0 Å². The molecule has 0 radical (unpaired) electrons. The van der Waals surface area contributed by atoms with Crippen LogP contribution in [0.3, 0.4) is 0 Å². The van der Waals surface area contributed by atoms with Gasteiger partial charge in [0.1, 0.15) is 0 Å². The van der Waals surface area contributed by atoms with Crippen LogP contribution in [0.15, 0.2) is 24.3 Å². The fourth-order valence-electron chi connectivity index (χ4n) is 2.10. The minimum atomic E-state index is -0.0707. The molecule has 1 aromatic rings. The summed E-state index contributed by atoms with van der Waals surface area (Å²) in [6.45, 7) is 2.84. The van der Waals surface area contributed by atoms with Gasteiger partial charge in [-0.25, -0.2) is 0 Å². The van der Waals surface area contributed by atoms with E-state index in [4.69, 9.17) is 0 Å². The summed E-state index contributed by atoms with van der Waals surface area (Å²) in [6.07, 6.45) is 1.42. The van der Waals surface area contributed by atoms with Crippen molar-refractivity contribution in [2.24, 2.45) is 0 Å². The highest BCUT2D eigenvalue weighted by atomic mass is 16.2. The predicted molar refractivity (Wildman–Crippen MR) is 73.8 cm³/mol. The van der Waals surface area contributed by atoms with E-state index in [0.717, 1.165) is 17.7 Å². The number of amides is 2. The Morgan fingerprint density at radius 1 is 1.42 bits per heavy atom. The molecule has 0 aliphatic carbocycles. The molecule has 1 atom stereocenters. The third-order valence-electron chi connectivity index (χ3n) is 3.18. The molecule has 5 heteroatoms. The zero-order valence-electron chi connectivity index (χ0n) is 11.0. The lowest BCUT2D eigenvalue weighted by molar-refractivity contribution is -0.119. The molecule has 1 saturated heterocycles.